The molecule has 0 saturated carbocycles. The molecule has 0 aliphatic carbocycles. The van der Waals surface area contributed by atoms with Gasteiger partial charge in [0, 0.05) is 6.54 Å². The first-order valence-electron chi connectivity index (χ1n) is 9.08. The highest BCUT2D eigenvalue weighted by Crippen LogP contribution is 2.24. The van der Waals surface area contributed by atoms with Gasteiger partial charge >= 0.3 is 7.12 Å². The second-order valence-electron chi connectivity index (χ2n) is 7.18. The summed E-state index contributed by atoms with van der Waals surface area (Å²) in [6.45, 7) is 5.37. The number of amides is 1. The number of ether oxygens (including phenoxy) is 2. The Balaban J connectivity index is 1.56. The molecule has 28 heavy (non-hydrogen) atoms. The highest BCUT2D eigenvalue weighted by Gasteiger charge is 2.30. The Kier molecular flexibility index (Phi) is 6.05. The minimum atomic E-state index is -1.12. The van der Waals surface area contributed by atoms with Crippen LogP contribution in [0.4, 0.5) is 0 Å². The molecule has 1 amide bonds. The van der Waals surface area contributed by atoms with E-state index in [-0.39, 0.29) is 5.91 Å². The van der Waals surface area contributed by atoms with Gasteiger partial charge < -0.3 is 29.6 Å². The van der Waals surface area contributed by atoms with Crippen LogP contribution in [0.2, 0.25) is 0 Å². The summed E-state index contributed by atoms with van der Waals surface area (Å²) in [5.74, 6) is 1.01. The van der Waals surface area contributed by atoms with Gasteiger partial charge in [-0.25, -0.2) is 0 Å². The number of carbonyl (C=O) groups excluding carboxylic acids is 1. The molecule has 3 rings (SSSR count). The molecule has 0 saturated heterocycles. The summed E-state index contributed by atoms with van der Waals surface area (Å²) in [5, 5.41) is 21.8. The maximum atomic E-state index is 12.2. The van der Waals surface area contributed by atoms with Crippen LogP contribution in [0.15, 0.2) is 42.5 Å². The summed E-state index contributed by atoms with van der Waals surface area (Å²) >= 11 is 0. The molecule has 1 atom stereocenters. The summed E-state index contributed by atoms with van der Waals surface area (Å²) in [6.07, 6.45) is -1.02. The predicted octanol–water partition coefficient (Wildman–Crippen LogP) is 1.45. The van der Waals surface area contributed by atoms with Gasteiger partial charge in [0.1, 0.15) is 17.1 Å². The van der Waals surface area contributed by atoms with Gasteiger partial charge in [-0.2, -0.15) is 0 Å². The van der Waals surface area contributed by atoms with Crippen molar-refractivity contribution in [1.82, 2.24) is 5.32 Å². The zero-order valence-electron chi connectivity index (χ0n) is 16.1. The van der Waals surface area contributed by atoms with E-state index in [1.54, 1.807) is 26.0 Å². The zero-order valence-corrected chi connectivity index (χ0v) is 16.1. The molecule has 3 N–H and O–H groups in total. The molecule has 0 fully saturated rings. The summed E-state index contributed by atoms with van der Waals surface area (Å²) in [5.41, 5.74) is 1.45. The standard InChI is InChI=1S/C20H24BNO6/c1-13(23)28-20(2,3)19(24)22-11-14-4-6-16(7-5-14)27-17-8-9-18-15(10-17)12-26-21(18)25/h4-10,13,23,25H,11-12H2,1-3H3,(H,22,24). The molecular weight excluding hydrogens is 361 g/mol. The molecule has 8 heteroatoms. The number of fused-ring (bicyclic) bond motifs is 1. The fraction of sp³-hybridized carbons (Fsp3) is 0.350. The summed E-state index contributed by atoms with van der Waals surface area (Å²) in [7, 11) is -0.866. The summed E-state index contributed by atoms with van der Waals surface area (Å²) in [4.78, 5) is 12.2. The first-order chi connectivity index (χ1) is 13.2. The predicted molar refractivity (Wildman–Crippen MR) is 104 cm³/mol. The number of aliphatic hydroxyl groups is 1. The van der Waals surface area contributed by atoms with Gasteiger partial charge in [0.2, 0.25) is 0 Å². The number of hydrogen-bond acceptors (Lipinski definition) is 6. The van der Waals surface area contributed by atoms with E-state index >= 15 is 0 Å². The van der Waals surface area contributed by atoms with Crippen LogP contribution >= 0.6 is 0 Å². The summed E-state index contributed by atoms with van der Waals surface area (Å²) in [6, 6.07) is 12.8. The largest absolute Gasteiger partial charge is 0.491 e. The van der Waals surface area contributed by atoms with Gasteiger partial charge in [0.05, 0.1) is 6.61 Å². The van der Waals surface area contributed by atoms with Crippen LogP contribution in [0, 0.1) is 0 Å². The molecule has 0 bridgehead atoms. The second-order valence-corrected chi connectivity index (χ2v) is 7.18. The minimum Gasteiger partial charge on any atom is -0.457 e. The van der Waals surface area contributed by atoms with E-state index in [2.05, 4.69) is 5.32 Å². The second kappa shape index (κ2) is 8.32. The van der Waals surface area contributed by atoms with Crippen molar-refractivity contribution in [2.45, 2.75) is 45.8 Å². The normalized spacial score (nSPS) is 14.5. The van der Waals surface area contributed by atoms with Gasteiger partial charge in [-0.3, -0.25) is 4.79 Å². The van der Waals surface area contributed by atoms with Crippen molar-refractivity contribution in [3.63, 3.8) is 0 Å². The third-order valence-corrected chi connectivity index (χ3v) is 4.40. The molecule has 148 valence electrons. The zero-order chi connectivity index (χ0) is 20.3. The molecule has 1 unspecified atom stereocenters. The first kappa shape index (κ1) is 20.4. The van der Waals surface area contributed by atoms with Crippen molar-refractivity contribution in [3.8, 4) is 11.5 Å². The van der Waals surface area contributed by atoms with E-state index in [0.717, 1.165) is 16.6 Å². The molecule has 2 aromatic rings. The van der Waals surface area contributed by atoms with Crippen LogP contribution < -0.4 is 15.5 Å². The van der Waals surface area contributed by atoms with Crippen molar-refractivity contribution in [2.24, 2.45) is 0 Å². The van der Waals surface area contributed by atoms with Gasteiger partial charge in [-0.1, -0.05) is 18.2 Å². The van der Waals surface area contributed by atoms with Crippen LogP contribution in [0.3, 0.4) is 0 Å². The van der Waals surface area contributed by atoms with Gasteiger partial charge in [-0.05, 0) is 61.6 Å². The number of rotatable bonds is 7. The van der Waals surface area contributed by atoms with Crippen LogP contribution in [-0.2, 0) is 27.3 Å². The van der Waals surface area contributed by atoms with Crippen molar-refractivity contribution < 1.29 is 29.1 Å². The van der Waals surface area contributed by atoms with Crippen LogP contribution in [0.1, 0.15) is 31.9 Å². The van der Waals surface area contributed by atoms with E-state index < -0.39 is 19.0 Å². The highest BCUT2D eigenvalue weighted by atomic mass is 16.6. The molecule has 1 aliphatic rings. The Labute approximate surface area is 164 Å². The van der Waals surface area contributed by atoms with E-state index in [0.29, 0.717) is 24.7 Å². The van der Waals surface area contributed by atoms with E-state index in [1.807, 2.05) is 30.3 Å². The van der Waals surface area contributed by atoms with E-state index in [1.165, 1.54) is 6.92 Å². The molecule has 0 aromatic heterocycles. The van der Waals surface area contributed by atoms with Crippen LogP contribution in [-0.4, -0.2) is 35.0 Å². The molecule has 0 radical (unpaired) electrons. The maximum absolute atomic E-state index is 12.2. The number of carbonyl (C=O) groups is 1. The minimum absolute atomic E-state index is 0.309. The average Bonchev–Trinajstić information content (AvgIpc) is 3.00. The van der Waals surface area contributed by atoms with Crippen molar-refractivity contribution >= 4 is 18.5 Å². The lowest BCUT2D eigenvalue weighted by atomic mass is 9.80. The third kappa shape index (κ3) is 4.91. The van der Waals surface area contributed by atoms with Crippen LogP contribution in [0.5, 0.6) is 11.5 Å². The maximum Gasteiger partial charge on any atom is 0.491 e. The third-order valence-electron chi connectivity index (χ3n) is 4.40. The molecule has 2 aromatic carbocycles. The van der Waals surface area contributed by atoms with Crippen molar-refractivity contribution in [1.29, 1.82) is 0 Å². The lowest BCUT2D eigenvalue weighted by Gasteiger charge is -2.25. The van der Waals surface area contributed by atoms with E-state index in [9.17, 15) is 14.9 Å². The lowest BCUT2D eigenvalue weighted by molar-refractivity contribution is -0.178. The summed E-state index contributed by atoms with van der Waals surface area (Å²) < 4.78 is 16.2. The van der Waals surface area contributed by atoms with E-state index in [4.69, 9.17) is 14.1 Å². The monoisotopic (exact) mass is 385 g/mol. The highest BCUT2D eigenvalue weighted by molar-refractivity contribution is 6.61. The fourth-order valence-corrected chi connectivity index (χ4v) is 2.96. The smallest absolute Gasteiger partial charge is 0.457 e. The number of aliphatic hydroxyl groups excluding tert-OH is 1. The Morgan fingerprint density at radius 1 is 1.25 bits per heavy atom. The Morgan fingerprint density at radius 2 is 1.93 bits per heavy atom. The molecule has 1 aliphatic heterocycles. The van der Waals surface area contributed by atoms with Gasteiger partial charge in [0.25, 0.3) is 5.91 Å². The molecule has 0 spiro atoms. The van der Waals surface area contributed by atoms with Gasteiger partial charge in [0.15, 0.2) is 6.29 Å². The number of benzene rings is 2. The van der Waals surface area contributed by atoms with Gasteiger partial charge in [-0.15, -0.1) is 0 Å². The Hall–Kier alpha value is -2.39. The number of hydrogen-bond donors (Lipinski definition) is 3. The number of nitrogens with one attached hydrogen (secondary N) is 1. The molecular formula is C20H24BNO6. The SMILES string of the molecule is CC(O)OC(C)(C)C(=O)NCc1ccc(Oc2ccc3c(c2)COB3O)cc1. The van der Waals surface area contributed by atoms with Crippen molar-refractivity contribution in [2.75, 3.05) is 0 Å². The first-order valence-corrected chi connectivity index (χ1v) is 9.08. The lowest BCUT2D eigenvalue weighted by Crippen LogP contribution is -2.45. The van der Waals surface area contributed by atoms with Crippen molar-refractivity contribution in [3.05, 3.63) is 53.6 Å². The topological polar surface area (TPSA) is 97.3 Å². The quantitative estimate of drug-likeness (QED) is 0.493. The van der Waals surface area contributed by atoms with Crippen LogP contribution in [0.25, 0.3) is 0 Å². The molecule has 7 nitrogen and oxygen atoms in total. The average molecular weight is 385 g/mol. The fourth-order valence-electron chi connectivity index (χ4n) is 2.96. The Bertz CT molecular complexity index is 837. The Morgan fingerprint density at radius 3 is 2.61 bits per heavy atom. The molecule has 1 heterocycles.